The summed E-state index contributed by atoms with van der Waals surface area (Å²) < 4.78 is 2.23. The fourth-order valence-electron chi connectivity index (χ4n) is 3.77. The van der Waals surface area contributed by atoms with Crippen LogP contribution >= 0.6 is 0 Å². The minimum absolute atomic E-state index is 0.00528. The largest absolute Gasteiger partial charge is 0.506 e. The van der Waals surface area contributed by atoms with Crippen LogP contribution in [0.2, 0.25) is 0 Å². The predicted molar refractivity (Wildman–Crippen MR) is 112 cm³/mol. The van der Waals surface area contributed by atoms with Crippen molar-refractivity contribution < 1.29 is 9.90 Å². The summed E-state index contributed by atoms with van der Waals surface area (Å²) in [5.41, 5.74) is 2.07. The van der Waals surface area contributed by atoms with Gasteiger partial charge in [-0.25, -0.2) is 4.79 Å². The molecule has 0 aliphatic carbocycles. The number of aryl methyl sites for hydroxylation is 1. The first-order valence-corrected chi connectivity index (χ1v) is 9.82. The molecule has 146 valence electrons. The molecule has 0 spiro atoms. The summed E-state index contributed by atoms with van der Waals surface area (Å²) in [4.78, 5) is 16.4. The number of fused-ring (bicyclic) bond motifs is 1. The highest BCUT2D eigenvalue weighted by atomic mass is 16.3. The number of hydrogen-bond donors (Lipinski definition) is 2. The van der Waals surface area contributed by atoms with Crippen LogP contribution in [0.3, 0.4) is 0 Å². The number of aromatic nitrogens is 1. The molecule has 1 aromatic heterocycles. The van der Waals surface area contributed by atoms with Crippen molar-refractivity contribution in [3.63, 3.8) is 0 Å². The second-order valence-corrected chi connectivity index (χ2v) is 7.12. The number of rotatable bonds is 5. The molecule has 0 saturated carbocycles. The molecule has 6 heteroatoms. The van der Waals surface area contributed by atoms with Crippen molar-refractivity contribution in [3.8, 4) is 5.75 Å². The number of benzene rings is 2. The van der Waals surface area contributed by atoms with Crippen molar-refractivity contribution >= 4 is 22.6 Å². The third-order valence-corrected chi connectivity index (χ3v) is 5.32. The van der Waals surface area contributed by atoms with Gasteiger partial charge in [-0.1, -0.05) is 30.3 Å². The Morgan fingerprint density at radius 2 is 1.71 bits per heavy atom. The zero-order valence-corrected chi connectivity index (χ0v) is 15.9. The van der Waals surface area contributed by atoms with E-state index in [0.29, 0.717) is 19.6 Å². The van der Waals surface area contributed by atoms with Gasteiger partial charge in [0.2, 0.25) is 0 Å². The number of nitrogens with one attached hydrogen (secondary N) is 1. The summed E-state index contributed by atoms with van der Waals surface area (Å²) in [6.07, 6.45) is 2.99. The van der Waals surface area contributed by atoms with Crippen LogP contribution in [0.15, 0.2) is 60.8 Å². The van der Waals surface area contributed by atoms with E-state index < -0.39 is 0 Å². The van der Waals surface area contributed by atoms with Gasteiger partial charge >= 0.3 is 6.03 Å². The normalized spacial score (nSPS) is 14.4. The lowest BCUT2D eigenvalue weighted by molar-refractivity contribution is 0.194. The van der Waals surface area contributed by atoms with Gasteiger partial charge in [-0.15, -0.1) is 0 Å². The molecule has 4 rings (SSSR count). The number of hydrogen-bond acceptors (Lipinski definition) is 3. The van der Waals surface area contributed by atoms with Crippen molar-refractivity contribution in [1.82, 2.24) is 14.8 Å². The van der Waals surface area contributed by atoms with Crippen LogP contribution in [0.5, 0.6) is 5.75 Å². The summed E-state index contributed by atoms with van der Waals surface area (Å²) in [7, 11) is 0. The Bertz CT molecular complexity index is 944. The monoisotopic (exact) mass is 378 g/mol. The number of para-hydroxylation sites is 3. The molecule has 2 N–H and O–H groups in total. The molecule has 0 radical (unpaired) electrons. The SMILES string of the molecule is O=C(NCCCn1ccc2ccccc21)N1CCN(c2ccccc2O)CC1. The Hall–Kier alpha value is -3.15. The molecule has 0 unspecified atom stereocenters. The lowest BCUT2D eigenvalue weighted by Gasteiger charge is -2.36. The van der Waals surface area contributed by atoms with Gasteiger partial charge in [0.05, 0.1) is 5.69 Å². The van der Waals surface area contributed by atoms with E-state index in [1.165, 1.54) is 10.9 Å². The lowest BCUT2D eigenvalue weighted by atomic mass is 10.2. The van der Waals surface area contributed by atoms with Gasteiger partial charge in [0.15, 0.2) is 0 Å². The van der Waals surface area contributed by atoms with Gasteiger partial charge < -0.3 is 24.8 Å². The van der Waals surface area contributed by atoms with Gasteiger partial charge in [-0.05, 0) is 36.1 Å². The molecular formula is C22H26N4O2. The van der Waals surface area contributed by atoms with Gasteiger partial charge in [-0.2, -0.15) is 0 Å². The van der Waals surface area contributed by atoms with Crippen LogP contribution in [0, 0.1) is 0 Å². The predicted octanol–water partition coefficient (Wildman–Crippen LogP) is 3.27. The number of nitrogens with zero attached hydrogens (tertiary/aromatic N) is 3. The Kier molecular flexibility index (Phi) is 5.37. The van der Waals surface area contributed by atoms with Crippen LogP contribution in [0.4, 0.5) is 10.5 Å². The molecule has 0 atom stereocenters. The number of piperazine rings is 1. The Labute approximate surface area is 165 Å². The summed E-state index contributed by atoms with van der Waals surface area (Å²) >= 11 is 0. The molecule has 2 amide bonds. The maximum Gasteiger partial charge on any atom is 0.317 e. The highest BCUT2D eigenvalue weighted by Crippen LogP contribution is 2.27. The van der Waals surface area contributed by atoms with Gasteiger partial charge in [0.25, 0.3) is 0 Å². The molecule has 1 aliphatic rings. The van der Waals surface area contributed by atoms with E-state index in [1.807, 2.05) is 29.2 Å². The number of phenolic OH excluding ortho intramolecular Hbond substituents is 1. The number of amides is 2. The van der Waals surface area contributed by atoms with Crippen molar-refractivity contribution in [1.29, 1.82) is 0 Å². The zero-order chi connectivity index (χ0) is 19.3. The third kappa shape index (κ3) is 3.91. The Morgan fingerprint density at radius 3 is 2.54 bits per heavy atom. The van der Waals surface area contributed by atoms with Crippen molar-refractivity contribution in [2.24, 2.45) is 0 Å². The molecule has 1 saturated heterocycles. The highest BCUT2D eigenvalue weighted by Gasteiger charge is 2.22. The molecule has 28 heavy (non-hydrogen) atoms. The maximum absolute atomic E-state index is 12.4. The molecule has 2 aromatic carbocycles. The third-order valence-electron chi connectivity index (χ3n) is 5.32. The smallest absolute Gasteiger partial charge is 0.317 e. The molecular weight excluding hydrogens is 352 g/mol. The standard InChI is InChI=1S/C22H26N4O2/c27-21-9-4-3-8-20(21)25-14-16-26(17-15-25)22(28)23-11-5-12-24-13-10-18-6-1-2-7-19(18)24/h1-4,6-10,13,27H,5,11-12,14-17H2,(H,23,28). The van der Waals surface area contributed by atoms with Crippen LogP contribution in [-0.4, -0.2) is 53.3 Å². The number of urea groups is 1. The van der Waals surface area contributed by atoms with E-state index in [9.17, 15) is 9.90 Å². The number of carbonyl (C=O) groups excluding carboxylic acids is 1. The average molecular weight is 378 g/mol. The summed E-state index contributed by atoms with van der Waals surface area (Å²) in [6.45, 7) is 4.30. The topological polar surface area (TPSA) is 60.7 Å². The molecule has 2 heterocycles. The number of carbonyl (C=O) groups is 1. The van der Waals surface area contributed by atoms with E-state index in [4.69, 9.17) is 0 Å². The molecule has 1 aliphatic heterocycles. The number of anilines is 1. The quantitative estimate of drug-likeness (QED) is 0.670. The van der Waals surface area contributed by atoms with Crippen molar-refractivity contribution in [3.05, 3.63) is 60.8 Å². The minimum Gasteiger partial charge on any atom is -0.506 e. The van der Waals surface area contributed by atoms with Crippen molar-refractivity contribution in [2.45, 2.75) is 13.0 Å². The van der Waals surface area contributed by atoms with Crippen LogP contribution in [0.25, 0.3) is 10.9 Å². The van der Waals surface area contributed by atoms with Gasteiger partial charge in [-0.3, -0.25) is 0 Å². The second-order valence-electron chi connectivity index (χ2n) is 7.12. The minimum atomic E-state index is -0.00528. The lowest BCUT2D eigenvalue weighted by Crippen LogP contribution is -2.52. The van der Waals surface area contributed by atoms with Gasteiger partial charge in [0, 0.05) is 51.0 Å². The first kappa shape index (κ1) is 18.2. The fraction of sp³-hybridized carbons (Fsp3) is 0.318. The zero-order valence-electron chi connectivity index (χ0n) is 15.9. The Balaban J connectivity index is 1.21. The molecule has 3 aromatic rings. The van der Waals surface area contributed by atoms with Crippen LogP contribution in [-0.2, 0) is 6.54 Å². The average Bonchev–Trinajstić information content (AvgIpc) is 3.15. The van der Waals surface area contributed by atoms with Crippen LogP contribution in [0.1, 0.15) is 6.42 Å². The molecule has 0 bridgehead atoms. The van der Waals surface area contributed by atoms with E-state index in [-0.39, 0.29) is 11.8 Å². The summed E-state index contributed by atoms with van der Waals surface area (Å²) in [5, 5.41) is 14.3. The summed E-state index contributed by atoms with van der Waals surface area (Å²) in [6, 6.07) is 17.8. The van der Waals surface area contributed by atoms with E-state index in [1.54, 1.807) is 6.07 Å². The van der Waals surface area contributed by atoms with E-state index >= 15 is 0 Å². The van der Waals surface area contributed by atoms with Crippen LogP contribution < -0.4 is 10.2 Å². The van der Waals surface area contributed by atoms with Gasteiger partial charge in [0.1, 0.15) is 5.75 Å². The van der Waals surface area contributed by atoms with E-state index in [0.717, 1.165) is 31.7 Å². The first-order valence-electron chi connectivity index (χ1n) is 9.82. The number of phenols is 1. The maximum atomic E-state index is 12.4. The Morgan fingerprint density at radius 1 is 0.964 bits per heavy atom. The summed E-state index contributed by atoms with van der Waals surface area (Å²) in [5.74, 6) is 0.290. The van der Waals surface area contributed by atoms with E-state index in [2.05, 4.69) is 45.2 Å². The first-order chi connectivity index (χ1) is 13.7. The molecule has 1 fully saturated rings. The van der Waals surface area contributed by atoms with Crippen molar-refractivity contribution in [2.75, 3.05) is 37.6 Å². The number of aromatic hydroxyl groups is 1. The fourth-order valence-corrected chi connectivity index (χ4v) is 3.77. The second kappa shape index (κ2) is 8.25. The highest BCUT2D eigenvalue weighted by molar-refractivity contribution is 5.79. The molecule has 6 nitrogen and oxygen atoms in total.